The van der Waals surface area contributed by atoms with Gasteiger partial charge in [0.05, 0.1) is 12.8 Å². The Morgan fingerprint density at radius 2 is 2.11 bits per heavy atom. The van der Waals surface area contributed by atoms with E-state index in [2.05, 4.69) is 22.0 Å². The van der Waals surface area contributed by atoms with Crippen LogP contribution in [-0.2, 0) is 17.7 Å². The van der Waals surface area contributed by atoms with Crippen molar-refractivity contribution in [1.82, 2.24) is 9.78 Å². The van der Waals surface area contributed by atoms with Crippen molar-refractivity contribution in [2.75, 3.05) is 12.8 Å². The Bertz CT molecular complexity index is 549. The van der Waals surface area contributed by atoms with E-state index in [1.807, 2.05) is 18.2 Å². The number of ether oxygens (including phenoxy) is 1. The molecule has 0 bridgehead atoms. The molecule has 0 amide bonds. The molecule has 0 radical (unpaired) electrons. The van der Waals surface area contributed by atoms with Crippen molar-refractivity contribution < 1.29 is 9.53 Å². The van der Waals surface area contributed by atoms with E-state index in [1.54, 1.807) is 10.9 Å². The van der Waals surface area contributed by atoms with Crippen LogP contribution in [0.1, 0.15) is 22.5 Å². The molecule has 2 aromatic rings. The Balaban J connectivity index is 1.92. The van der Waals surface area contributed by atoms with Gasteiger partial charge in [-0.2, -0.15) is 5.10 Å². The van der Waals surface area contributed by atoms with Crippen LogP contribution in [0, 0.1) is 0 Å². The molecule has 1 heterocycles. The maximum atomic E-state index is 11.4. The van der Waals surface area contributed by atoms with Crippen LogP contribution in [-0.4, -0.2) is 22.9 Å². The molecule has 0 unspecified atom stereocenters. The lowest BCUT2D eigenvalue weighted by atomic mass is 10.1. The molecule has 2 rings (SSSR count). The van der Waals surface area contributed by atoms with Gasteiger partial charge in [-0.3, -0.25) is 4.68 Å². The van der Waals surface area contributed by atoms with Gasteiger partial charge < -0.3 is 10.5 Å². The number of hydrogen-bond donors (Lipinski definition) is 1. The van der Waals surface area contributed by atoms with Gasteiger partial charge in [0.2, 0.25) is 0 Å². The lowest BCUT2D eigenvalue weighted by molar-refractivity contribution is 0.0594. The van der Waals surface area contributed by atoms with Gasteiger partial charge in [-0.15, -0.1) is 0 Å². The minimum atomic E-state index is -0.501. The van der Waals surface area contributed by atoms with E-state index in [9.17, 15) is 4.79 Å². The molecule has 5 heteroatoms. The SMILES string of the molecule is COC(=O)c1nn(CCCc2ccccc2)cc1N. The minimum Gasteiger partial charge on any atom is -0.464 e. The van der Waals surface area contributed by atoms with Crippen LogP contribution in [0.5, 0.6) is 0 Å². The van der Waals surface area contributed by atoms with E-state index < -0.39 is 5.97 Å². The van der Waals surface area contributed by atoms with Gasteiger partial charge >= 0.3 is 5.97 Å². The number of nitrogens with zero attached hydrogens (tertiary/aromatic N) is 2. The number of nitrogens with two attached hydrogens (primary N) is 1. The second-order valence-electron chi connectivity index (χ2n) is 4.28. The van der Waals surface area contributed by atoms with Gasteiger partial charge in [-0.1, -0.05) is 30.3 Å². The molecule has 1 aromatic carbocycles. The predicted molar refractivity (Wildman–Crippen MR) is 72.7 cm³/mol. The molecule has 1 aromatic heterocycles. The third kappa shape index (κ3) is 3.34. The average Bonchev–Trinajstić information content (AvgIpc) is 2.80. The van der Waals surface area contributed by atoms with E-state index in [1.165, 1.54) is 12.7 Å². The van der Waals surface area contributed by atoms with E-state index in [-0.39, 0.29) is 5.69 Å². The summed E-state index contributed by atoms with van der Waals surface area (Å²) >= 11 is 0. The Hall–Kier alpha value is -2.30. The van der Waals surface area contributed by atoms with Crippen LogP contribution >= 0.6 is 0 Å². The van der Waals surface area contributed by atoms with Gasteiger partial charge in [-0.25, -0.2) is 4.79 Å². The summed E-state index contributed by atoms with van der Waals surface area (Å²) in [4.78, 5) is 11.4. The van der Waals surface area contributed by atoms with E-state index in [0.717, 1.165) is 19.4 Å². The number of nitrogen functional groups attached to an aromatic ring is 1. The lowest BCUT2D eigenvalue weighted by Crippen LogP contribution is -2.07. The number of methoxy groups -OCH3 is 1. The number of aryl methyl sites for hydroxylation is 2. The van der Waals surface area contributed by atoms with Gasteiger partial charge in [0, 0.05) is 12.7 Å². The summed E-state index contributed by atoms with van der Waals surface area (Å²) in [5, 5.41) is 4.13. The van der Waals surface area contributed by atoms with Gasteiger partial charge in [0.15, 0.2) is 5.69 Å². The van der Waals surface area contributed by atoms with Crippen LogP contribution in [0.4, 0.5) is 5.69 Å². The number of rotatable bonds is 5. The van der Waals surface area contributed by atoms with Crippen molar-refractivity contribution in [3.8, 4) is 0 Å². The third-order valence-corrected chi connectivity index (χ3v) is 2.86. The number of benzene rings is 1. The van der Waals surface area contributed by atoms with Crippen LogP contribution < -0.4 is 5.73 Å². The fourth-order valence-electron chi connectivity index (χ4n) is 1.90. The highest BCUT2D eigenvalue weighted by molar-refractivity contribution is 5.92. The standard InChI is InChI=1S/C14H17N3O2/c1-19-14(18)13-12(15)10-17(16-13)9-5-8-11-6-3-2-4-7-11/h2-4,6-7,10H,5,8-9,15H2,1H3. The first-order chi connectivity index (χ1) is 9.20. The summed E-state index contributed by atoms with van der Waals surface area (Å²) in [5.74, 6) is -0.501. The van der Waals surface area contributed by atoms with Gasteiger partial charge in [-0.05, 0) is 18.4 Å². The Labute approximate surface area is 112 Å². The molecule has 5 nitrogen and oxygen atoms in total. The van der Waals surface area contributed by atoms with Crippen molar-refractivity contribution in [2.24, 2.45) is 0 Å². The molecular weight excluding hydrogens is 242 g/mol. The molecule has 0 saturated heterocycles. The molecule has 100 valence electrons. The zero-order valence-electron chi connectivity index (χ0n) is 10.9. The third-order valence-electron chi connectivity index (χ3n) is 2.86. The van der Waals surface area contributed by atoms with Gasteiger partial charge in [0.1, 0.15) is 0 Å². The highest BCUT2D eigenvalue weighted by Gasteiger charge is 2.14. The first kappa shape index (κ1) is 13.1. The summed E-state index contributed by atoms with van der Waals surface area (Å²) in [6.45, 7) is 0.718. The van der Waals surface area contributed by atoms with Crippen molar-refractivity contribution in [3.05, 3.63) is 47.8 Å². The monoisotopic (exact) mass is 259 g/mol. The Morgan fingerprint density at radius 3 is 2.79 bits per heavy atom. The summed E-state index contributed by atoms with van der Waals surface area (Å²) in [6.07, 6.45) is 3.57. The molecule has 0 fully saturated rings. The molecule has 0 spiro atoms. The van der Waals surface area contributed by atoms with Gasteiger partial charge in [0.25, 0.3) is 0 Å². The molecule has 0 aliphatic carbocycles. The lowest BCUT2D eigenvalue weighted by Gasteiger charge is -2.02. The summed E-state index contributed by atoms with van der Waals surface area (Å²) in [6, 6.07) is 10.2. The zero-order chi connectivity index (χ0) is 13.7. The van der Waals surface area contributed by atoms with E-state index in [0.29, 0.717) is 5.69 Å². The number of carbonyl (C=O) groups excluding carboxylic acids is 1. The Kier molecular flexibility index (Phi) is 4.18. The van der Waals surface area contributed by atoms with Crippen LogP contribution in [0.25, 0.3) is 0 Å². The van der Waals surface area contributed by atoms with Crippen molar-refractivity contribution >= 4 is 11.7 Å². The quantitative estimate of drug-likeness (QED) is 0.832. The number of hydrogen-bond acceptors (Lipinski definition) is 4. The fourth-order valence-corrected chi connectivity index (χ4v) is 1.90. The maximum absolute atomic E-state index is 11.4. The van der Waals surface area contributed by atoms with E-state index >= 15 is 0 Å². The average molecular weight is 259 g/mol. The van der Waals surface area contributed by atoms with Crippen molar-refractivity contribution in [3.63, 3.8) is 0 Å². The molecular formula is C14H17N3O2. The second-order valence-corrected chi connectivity index (χ2v) is 4.28. The number of esters is 1. The van der Waals surface area contributed by atoms with Crippen LogP contribution in [0.2, 0.25) is 0 Å². The molecule has 0 atom stereocenters. The number of anilines is 1. The van der Waals surface area contributed by atoms with Crippen molar-refractivity contribution in [1.29, 1.82) is 0 Å². The maximum Gasteiger partial charge on any atom is 0.360 e. The second kappa shape index (κ2) is 6.04. The predicted octanol–water partition coefficient (Wildman–Crippen LogP) is 1.88. The number of carbonyl (C=O) groups is 1. The first-order valence-electron chi connectivity index (χ1n) is 6.16. The van der Waals surface area contributed by atoms with Crippen LogP contribution in [0.15, 0.2) is 36.5 Å². The Morgan fingerprint density at radius 1 is 1.37 bits per heavy atom. The molecule has 0 saturated carbocycles. The number of aromatic nitrogens is 2. The summed E-state index contributed by atoms with van der Waals surface area (Å²) in [5.41, 5.74) is 7.54. The largest absolute Gasteiger partial charge is 0.464 e. The molecule has 2 N–H and O–H groups in total. The molecule has 0 aliphatic heterocycles. The molecule has 0 aliphatic rings. The van der Waals surface area contributed by atoms with E-state index in [4.69, 9.17) is 5.73 Å². The fraction of sp³-hybridized carbons (Fsp3) is 0.286. The van der Waals surface area contributed by atoms with Crippen LogP contribution in [0.3, 0.4) is 0 Å². The first-order valence-corrected chi connectivity index (χ1v) is 6.16. The smallest absolute Gasteiger partial charge is 0.360 e. The summed E-state index contributed by atoms with van der Waals surface area (Å²) < 4.78 is 6.29. The normalized spacial score (nSPS) is 10.4. The zero-order valence-corrected chi connectivity index (χ0v) is 10.9. The summed E-state index contributed by atoms with van der Waals surface area (Å²) in [7, 11) is 1.32. The van der Waals surface area contributed by atoms with Crippen molar-refractivity contribution in [2.45, 2.75) is 19.4 Å². The highest BCUT2D eigenvalue weighted by Crippen LogP contribution is 2.11. The topological polar surface area (TPSA) is 70.1 Å². The highest BCUT2D eigenvalue weighted by atomic mass is 16.5. The molecule has 19 heavy (non-hydrogen) atoms. The minimum absolute atomic E-state index is 0.183.